The van der Waals surface area contributed by atoms with E-state index in [-0.39, 0.29) is 23.3 Å². The molecule has 2 atom stereocenters. The zero-order valence-corrected chi connectivity index (χ0v) is 10.6. The molecular weight excluding hydrogens is 236 g/mol. The van der Waals surface area contributed by atoms with Gasteiger partial charge in [0.2, 0.25) is 0 Å². The Morgan fingerprint density at radius 1 is 1.29 bits per heavy atom. The third kappa shape index (κ3) is 2.75. The number of sulfone groups is 1. The van der Waals surface area contributed by atoms with E-state index in [0.717, 1.165) is 17.4 Å². The Labute approximate surface area is 102 Å². The Hall–Kier alpha value is -1.16. The summed E-state index contributed by atoms with van der Waals surface area (Å²) in [4.78, 5) is 11.2. The SMILES string of the molecule is Cc1ccc(C(C=O)C2CCS(=O)(=O)C2)cc1. The van der Waals surface area contributed by atoms with Gasteiger partial charge in [-0.1, -0.05) is 29.8 Å². The highest BCUT2D eigenvalue weighted by Crippen LogP contribution is 2.31. The number of rotatable bonds is 3. The summed E-state index contributed by atoms with van der Waals surface area (Å²) >= 11 is 0. The number of carbonyl (C=O) groups is 1. The zero-order valence-electron chi connectivity index (χ0n) is 9.80. The summed E-state index contributed by atoms with van der Waals surface area (Å²) in [5, 5.41) is 0. The van der Waals surface area contributed by atoms with Crippen molar-refractivity contribution in [2.45, 2.75) is 19.3 Å². The van der Waals surface area contributed by atoms with Crippen molar-refractivity contribution in [3.05, 3.63) is 35.4 Å². The second-order valence-electron chi connectivity index (χ2n) is 4.74. The summed E-state index contributed by atoms with van der Waals surface area (Å²) in [5.74, 6) is 0.0195. The number of hydrogen-bond donors (Lipinski definition) is 0. The number of aldehydes is 1. The van der Waals surface area contributed by atoms with Crippen LogP contribution in [0.2, 0.25) is 0 Å². The molecule has 0 amide bonds. The zero-order chi connectivity index (χ0) is 12.5. The van der Waals surface area contributed by atoms with Crippen LogP contribution in [-0.2, 0) is 14.6 Å². The van der Waals surface area contributed by atoms with Crippen molar-refractivity contribution in [2.24, 2.45) is 5.92 Å². The van der Waals surface area contributed by atoms with Crippen molar-refractivity contribution in [2.75, 3.05) is 11.5 Å². The molecule has 0 saturated carbocycles. The first kappa shape index (κ1) is 12.3. The van der Waals surface area contributed by atoms with Gasteiger partial charge in [-0.3, -0.25) is 0 Å². The minimum absolute atomic E-state index is 0.0554. The average Bonchev–Trinajstić information content (AvgIpc) is 2.63. The van der Waals surface area contributed by atoms with E-state index in [1.54, 1.807) is 0 Å². The van der Waals surface area contributed by atoms with Crippen LogP contribution in [-0.4, -0.2) is 26.2 Å². The molecule has 4 heteroatoms. The average molecular weight is 252 g/mol. The molecule has 1 heterocycles. The lowest BCUT2D eigenvalue weighted by atomic mass is 9.86. The van der Waals surface area contributed by atoms with E-state index in [0.29, 0.717) is 6.42 Å². The van der Waals surface area contributed by atoms with Gasteiger partial charge < -0.3 is 4.79 Å². The molecule has 0 spiro atoms. The fourth-order valence-corrected chi connectivity index (χ4v) is 4.21. The maximum absolute atomic E-state index is 11.4. The fraction of sp³-hybridized carbons (Fsp3) is 0.462. The van der Waals surface area contributed by atoms with Crippen LogP contribution in [0.1, 0.15) is 23.5 Å². The summed E-state index contributed by atoms with van der Waals surface area (Å²) in [6.07, 6.45) is 1.48. The quantitative estimate of drug-likeness (QED) is 0.770. The van der Waals surface area contributed by atoms with Crippen LogP contribution in [0.4, 0.5) is 0 Å². The summed E-state index contributed by atoms with van der Waals surface area (Å²) in [6.45, 7) is 1.99. The first-order chi connectivity index (χ1) is 8.02. The molecule has 0 N–H and O–H groups in total. The second-order valence-corrected chi connectivity index (χ2v) is 6.96. The highest BCUT2D eigenvalue weighted by molar-refractivity contribution is 7.91. The van der Waals surface area contributed by atoms with E-state index in [1.807, 2.05) is 31.2 Å². The predicted octanol–water partition coefficient (Wildman–Crippen LogP) is 1.71. The Kier molecular flexibility index (Phi) is 3.33. The molecule has 1 aromatic rings. The topological polar surface area (TPSA) is 51.2 Å². The molecular formula is C13H16O3S. The van der Waals surface area contributed by atoms with Crippen LogP contribution < -0.4 is 0 Å². The molecule has 2 rings (SSSR count). The van der Waals surface area contributed by atoms with Crippen molar-refractivity contribution in [3.63, 3.8) is 0 Å². The molecule has 1 aliphatic rings. The Morgan fingerprint density at radius 3 is 2.41 bits per heavy atom. The van der Waals surface area contributed by atoms with Gasteiger partial charge in [-0.15, -0.1) is 0 Å². The molecule has 3 nitrogen and oxygen atoms in total. The number of benzene rings is 1. The minimum Gasteiger partial charge on any atom is -0.303 e. The second kappa shape index (κ2) is 4.61. The number of aryl methyl sites for hydroxylation is 1. The van der Waals surface area contributed by atoms with Crippen molar-refractivity contribution >= 4 is 16.1 Å². The third-order valence-corrected chi connectivity index (χ3v) is 5.18. The van der Waals surface area contributed by atoms with Gasteiger partial charge in [0.25, 0.3) is 0 Å². The highest BCUT2D eigenvalue weighted by Gasteiger charge is 2.34. The lowest BCUT2D eigenvalue weighted by Gasteiger charge is -2.16. The van der Waals surface area contributed by atoms with E-state index < -0.39 is 9.84 Å². The van der Waals surface area contributed by atoms with Crippen LogP contribution in [0.3, 0.4) is 0 Å². The van der Waals surface area contributed by atoms with Crippen LogP contribution in [0.5, 0.6) is 0 Å². The van der Waals surface area contributed by atoms with Gasteiger partial charge in [-0.2, -0.15) is 0 Å². The van der Waals surface area contributed by atoms with Gasteiger partial charge in [0.05, 0.1) is 11.5 Å². The summed E-state index contributed by atoms with van der Waals surface area (Å²) in [7, 11) is -2.93. The van der Waals surface area contributed by atoms with Crippen LogP contribution in [0.25, 0.3) is 0 Å². The summed E-state index contributed by atoms with van der Waals surface area (Å²) in [6, 6.07) is 7.74. The van der Waals surface area contributed by atoms with Crippen LogP contribution in [0, 0.1) is 12.8 Å². The van der Waals surface area contributed by atoms with Crippen molar-refractivity contribution in [1.29, 1.82) is 0 Å². The molecule has 0 bridgehead atoms. The molecule has 0 aliphatic carbocycles. The smallest absolute Gasteiger partial charge is 0.150 e. The van der Waals surface area contributed by atoms with Gasteiger partial charge in [0.15, 0.2) is 9.84 Å². The van der Waals surface area contributed by atoms with Crippen molar-refractivity contribution in [3.8, 4) is 0 Å². The minimum atomic E-state index is -2.93. The van der Waals surface area contributed by atoms with E-state index in [2.05, 4.69) is 0 Å². The predicted molar refractivity (Wildman–Crippen MR) is 66.7 cm³/mol. The molecule has 0 aromatic heterocycles. The van der Waals surface area contributed by atoms with Gasteiger partial charge in [0, 0.05) is 5.92 Å². The van der Waals surface area contributed by atoms with E-state index in [9.17, 15) is 13.2 Å². The van der Waals surface area contributed by atoms with Crippen molar-refractivity contribution in [1.82, 2.24) is 0 Å². The Balaban J connectivity index is 2.23. The first-order valence-electron chi connectivity index (χ1n) is 5.74. The summed E-state index contributed by atoms with van der Waals surface area (Å²) in [5.41, 5.74) is 2.06. The maximum Gasteiger partial charge on any atom is 0.150 e. The molecule has 1 saturated heterocycles. The van der Waals surface area contributed by atoms with E-state index in [1.165, 1.54) is 0 Å². The summed E-state index contributed by atoms with van der Waals surface area (Å²) < 4.78 is 22.9. The van der Waals surface area contributed by atoms with Crippen LogP contribution >= 0.6 is 0 Å². The normalized spacial score (nSPS) is 24.4. The fourth-order valence-electron chi connectivity index (χ4n) is 2.36. The van der Waals surface area contributed by atoms with E-state index >= 15 is 0 Å². The van der Waals surface area contributed by atoms with Crippen LogP contribution in [0.15, 0.2) is 24.3 Å². The number of carbonyl (C=O) groups excluding carboxylic acids is 1. The molecule has 92 valence electrons. The molecule has 17 heavy (non-hydrogen) atoms. The monoisotopic (exact) mass is 252 g/mol. The molecule has 0 radical (unpaired) electrons. The molecule has 1 fully saturated rings. The lowest BCUT2D eigenvalue weighted by Crippen LogP contribution is -2.16. The Bertz CT molecular complexity index is 502. The Morgan fingerprint density at radius 2 is 1.94 bits per heavy atom. The van der Waals surface area contributed by atoms with Gasteiger partial charge in [0.1, 0.15) is 6.29 Å². The highest BCUT2D eigenvalue weighted by atomic mass is 32.2. The van der Waals surface area contributed by atoms with Gasteiger partial charge >= 0.3 is 0 Å². The molecule has 1 aliphatic heterocycles. The van der Waals surface area contributed by atoms with Gasteiger partial charge in [-0.05, 0) is 24.8 Å². The largest absolute Gasteiger partial charge is 0.303 e. The first-order valence-corrected chi connectivity index (χ1v) is 7.56. The van der Waals surface area contributed by atoms with Crippen molar-refractivity contribution < 1.29 is 13.2 Å². The lowest BCUT2D eigenvalue weighted by molar-refractivity contribution is -0.109. The maximum atomic E-state index is 11.4. The number of hydrogen-bond acceptors (Lipinski definition) is 3. The third-order valence-electron chi connectivity index (χ3n) is 3.38. The van der Waals surface area contributed by atoms with E-state index in [4.69, 9.17) is 0 Å². The van der Waals surface area contributed by atoms with Gasteiger partial charge in [-0.25, -0.2) is 8.42 Å². The molecule has 1 aromatic carbocycles. The standard InChI is InChI=1S/C13H16O3S/c1-10-2-4-11(5-3-10)13(8-14)12-6-7-17(15,16)9-12/h2-5,8,12-13H,6-7,9H2,1H3. The molecule has 2 unspecified atom stereocenters.